The van der Waals surface area contributed by atoms with Crippen LogP contribution in [0.1, 0.15) is 32.1 Å². The van der Waals surface area contributed by atoms with E-state index >= 15 is 0 Å². The maximum Gasteiger partial charge on any atom is 0.136 e. The normalized spacial score (nSPS) is 15.6. The number of aryl methyl sites for hydroxylation is 1. The van der Waals surface area contributed by atoms with E-state index in [1.807, 2.05) is 39.0 Å². The molecule has 0 fully saturated rings. The molecule has 2 nitrogen and oxygen atoms in total. The average molecular weight is 218 g/mol. The molecule has 0 aliphatic rings. The molecule has 16 heavy (non-hydrogen) atoms. The maximum atomic E-state index is 10.3. The molecular weight excluding hydrogens is 200 g/mol. The lowest BCUT2D eigenvalue weighted by molar-refractivity contribution is -0.00980. The fourth-order valence-corrected chi connectivity index (χ4v) is 1.70. The molecule has 0 bridgehead atoms. The van der Waals surface area contributed by atoms with E-state index in [1.165, 1.54) is 5.56 Å². The fraction of sp³-hybridized carbons (Fsp3) is 0.429. The zero-order valence-corrected chi connectivity index (χ0v) is 10.2. The van der Waals surface area contributed by atoms with E-state index in [-0.39, 0.29) is 5.92 Å². The van der Waals surface area contributed by atoms with Crippen molar-refractivity contribution in [2.24, 2.45) is 5.92 Å². The Kier molecular flexibility index (Phi) is 2.55. The summed E-state index contributed by atoms with van der Waals surface area (Å²) in [5.41, 5.74) is 1.12. The van der Waals surface area contributed by atoms with Gasteiger partial charge in [0.15, 0.2) is 0 Å². The third-order valence-corrected chi connectivity index (χ3v) is 3.29. The minimum absolute atomic E-state index is 0.120. The second kappa shape index (κ2) is 3.63. The van der Waals surface area contributed by atoms with Crippen LogP contribution in [-0.4, -0.2) is 5.11 Å². The number of fused-ring (bicyclic) bond motifs is 1. The van der Waals surface area contributed by atoms with Crippen molar-refractivity contribution >= 4 is 11.0 Å². The number of benzene rings is 1. The Bertz CT molecular complexity index is 506. The van der Waals surface area contributed by atoms with E-state index in [0.29, 0.717) is 5.76 Å². The van der Waals surface area contributed by atoms with E-state index in [9.17, 15) is 5.11 Å². The van der Waals surface area contributed by atoms with Gasteiger partial charge in [0, 0.05) is 5.39 Å². The van der Waals surface area contributed by atoms with Crippen LogP contribution >= 0.6 is 0 Å². The molecule has 0 spiro atoms. The van der Waals surface area contributed by atoms with E-state index in [0.717, 1.165) is 11.0 Å². The van der Waals surface area contributed by atoms with Gasteiger partial charge in [-0.3, -0.25) is 0 Å². The van der Waals surface area contributed by atoms with Gasteiger partial charge in [0.2, 0.25) is 0 Å². The first-order chi connectivity index (χ1) is 7.41. The van der Waals surface area contributed by atoms with Crippen LogP contribution in [0.4, 0.5) is 0 Å². The summed E-state index contributed by atoms with van der Waals surface area (Å²) in [5, 5.41) is 11.4. The fourth-order valence-electron chi connectivity index (χ4n) is 1.70. The molecule has 0 saturated carbocycles. The number of hydrogen-bond acceptors (Lipinski definition) is 2. The van der Waals surface area contributed by atoms with E-state index in [2.05, 4.69) is 6.07 Å². The predicted molar refractivity (Wildman–Crippen MR) is 65.4 cm³/mol. The summed E-state index contributed by atoms with van der Waals surface area (Å²) in [6, 6.07) is 7.96. The zero-order chi connectivity index (χ0) is 11.9. The summed E-state index contributed by atoms with van der Waals surface area (Å²) in [6.45, 7) is 7.81. The third-order valence-electron chi connectivity index (χ3n) is 3.29. The maximum absolute atomic E-state index is 10.3. The lowest BCUT2D eigenvalue weighted by Gasteiger charge is -2.24. The van der Waals surface area contributed by atoms with Crippen molar-refractivity contribution in [1.29, 1.82) is 0 Å². The minimum atomic E-state index is -0.910. The Hall–Kier alpha value is -1.28. The van der Waals surface area contributed by atoms with Crippen LogP contribution in [0.5, 0.6) is 0 Å². The molecule has 0 aliphatic carbocycles. The lowest BCUT2D eigenvalue weighted by Crippen LogP contribution is -2.27. The minimum Gasteiger partial charge on any atom is -0.458 e. The highest BCUT2D eigenvalue weighted by molar-refractivity contribution is 5.78. The van der Waals surface area contributed by atoms with Gasteiger partial charge in [0.25, 0.3) is 0 Å². The summed E-state index contributed by atoms with van der Waals surface area (Å²) in [7, 11) is 0. The monoisotopic (exact) mass is 218 g/mol. The van der Waals surface area contributed by atoms with Gasteiger partial charge in [-0.15, -0.1) is 0 Å². The first-order valence-electron chi connectivity index (χ1n) is 5.64. The molecule has 2 heteroatoms. The summed E-state index contributed by atoms with van der Waals surface area (Å²) in [6.07, 6.45) is 0. The molecule has 86 valence electrons. The van der Waals surface area contributed by atoms with Crippen LogP contribution in [-0.2, 0) is 5.60 Å². The molecule has 1 atom stereocenters. The van der Waals surface area contributed by atoms with Gasteiger partial charge in [-0.05, 0) is 38.0 Å². The molecule has 0 radical (unpaired) electrons. The van der Waals surface area contributed by atoms with Crippen molar-refractivity contribution in [1.82, 2.24) is 0 Å². The summed E-state index contributed by atoms with van der Waals surface area (Å²) >= 11 is 0. The topological polar surface area (TPSA) is 33.4 Å². The Balaban J connectivity index is 2.55. The average Bonchev–Trinajstić information content (AvgIpc) is 2.60. The molecule has 0 aliphatic heterocycles. The molecule has 2 aromatic rings. The van der Waals surface area contributed by atoms with Crippen LogP contribution in [0.15, 0.2) is 28.7 Å². The number of rotatable bonds is 2. The molecule has 0 saturated heterocycles. The quantitative estimate of drug-likeness (QED) is 0.835. The van der Waals surface area contributed by atoms with Crippen LogP contribution in [0.2, 0.25) is 0 Å². The molecule has 1 unspecified atom stereocenters. The molecule has 1 aromatic carbocycles. The molecule has 2 rings (SSSR count). The summed E-state index contributed by atoms with van der Waals surface area (Å²) < 4.78 is 5.70. The van der Waals surface area contributed by atoms with Gasteiger partial charge in [-0.2, -0.15) is 0 Å². The van der Waals surface area contributed by atoms with Crippen molar-refractivity contribution in [2.75, 3.05) is 0 Å². The van der Waals surface area contributed by atoms with Crippen molar-refractivity contribution in [2.45, 2.75) is 33.3 Å². The Morgan fingerprint density at radius 3 is 2.56 bits per heavy atom. The Morgan fingerprint density at radius 1 is 1.25 bits per heavy atom. The zero-order valence-electron chi connectivity index (χ0n) is 10.2. The van der Waals surface area contributed by atoms with Crippen molar-refractivity contribution in [3.05, 3.63) is 35.6 Å². The largest absolute Gasteiger partial charge is 0.458 e. The van der Waals surface area contributed by atoms with Crippen LogP contribution in [0, 0.1) is 12.8 Å². The first-order valence-corrected chi connectivity index (χ1v) is 5.64. The highest BCUT2D eigenvalue weighted by Gasteiger charge is 2.31. The second-order valence-corrected chi connectivity index (χ2v) is 4.95. The third kappa shape index (κ3) is 1.74. The van der Waals surface area contributed by atoms with Crippen LogP contribution in [0.25, 0.3) is 11.0 Å². The molecule has 0 amide bonds. The first kappa shape index (κ1) is 11.2. The number of aliphatic hydroxyl groups is 1. The van der Waals surface area contributed by atoms with Gasteiger partial charge in [-0.1, -0.05) is 25.5 Å². The Morgan fingerprint density at radius 2 is 1.94 bits per heavy atom. The standard InChI is InChI=1S/C14H18O2/c1-9(2)14(4,15)13-8-11-7-10(3)5-6-12(11)16-13/h5-9,15H,1-4H3. The van der Waals surface area contributed by atoms with E-state index in [1.54, 1.807) is 6.92 Å². The van der Waals surface area contributed by atoms with Crippen LogP contribution in [0.3, 0.4) is 0 Å². The molecule has 1 N–H and O–H groups in total. The van der Waals surface area contributed by atoms with E-state index < -0.39 is 5.60 Å². The van der Waals surface area contributed by atoms with Gasteiger partial charge < -0.3 is 9.52 Å². The van der Waals surface area contributed by atoms with Gasteiger partial charge in [0.1, 0.15) is 16.9 Å². The second-order valence-electron chi connectivity index (χ2n) is 4.95. The Labute approximate surface area is 95.9 Å². The number of hydrogen-bond donors (Lipinski definition) is 1. The van der Waals surface area contributed by atoms with Gasteiger partial charge in [0.05, 0.1) is 0 Å². The van der Waals surface area contributed by atoms with Crippen LogP contribution < -0.4 is 0 Å². The number of furan rings is 1. The highest BCUT2D eigenvalue weighted by atomic mass is 16.4. The van der Waals surface area contributed by atoms with Crippen molar-refractivity contribution in [3.63, 3.8) is 0 Å². The summed E-state index contributed by atoms with van der Waals surface area (Å²) in [4.78, 5) is 0. The van der Waals surface area contributed by atoms with Gasteiger partial charge in [-0.25, -0.2) is 0 Å². The highest BCUT2D eigenvalue weighted by Crippen LogP contribution is 2.33. The van der Waals surface area contributed by atoms with Crippen molar-refractivity contribution in [3.8, 4) is 0 Å². The van der Waals surface area contributed by atoms with Gasteiger partial charge >= 0.3 is 0 Å². The summed E-state index contributed by atoms with van der Waals surface area (Å²) in [5.74, 6) is 0.761. The van der Waals surface area contributed by atoms with Crippen molar-refractivity contribution < 1.29 is 9.52 Å². The molecule has 1 aromatic heterocycles. The SMILES string of the molecule is Cc1ccc2oc(C(C)(O)C(C)C)cc2c1. The molecular formula is C14H18O2. The smallest absolute Gasteiger partial charge is 0.136 e. The molecule has 1 heterocycles. The predicted octanol–water partition coefficient (Wildman–Crippen LogP) is 3.60. The van der Waals surface area contributed by atoms with E-state index in [4.69, 9.17) is 4.42 Å². The lowest BCUT2D eigenvalue weighted by atomic mass is 9.90.